The Labute approximate surface area is 299 Å². The van der Waals surface area contributed by atoms with Gasteiger partial charge in [0.15, 0.2) is 11.2 Å². The number of aromatic nitrogens is 2. The zero-order valence-electron chi connectivity index (χ0n) is 27.9. The number of hydrogen-bond donors (Lipinski definition) is 0. The molecule has 0 radical (unpaired) electrons. The van der Waals surface area contributed by atoms with Crippen molar-refractivity contribution in [1.29, 1.82) is 0 Å². The van der Waals surface area contributed by atoms with Gasteiger partial charge in [0, 0.05) is 10.6 Å². The smallest absolute Gasteiger partial charge is 0.201 e. The van der Waals surface area contributed by atoms with Gasteiger partial charge in [-0.2, -0.15) is 0 Å². The van der Waals surface area contributed by atoms with Crippen LogP contribution < -0.4 is 41.8 Å². The number of nitrogens with zero attached hydrogens (tertiary/aromatic N) is 2. The third-order valence-corrected chi connectivity index (χ3v) is 19.5. The second-order valence-electron chi connectivity index (χ2n) is 12.9. The summed E-state index contributed by atoms with van der Waals surface area (Å²) in [5, 5.41) is 9.76. The van der Waals surface area contributed by atoms with Gasteiger partial charge in [0.05, 0.1) is 0 Å². The fourth-order valence-corrected chi connectivity index (χ4v) is 17.1. The molecule has 0 fully saturated rings. The maximum absolute atomic E-state index is 6.53. The van der Waals surface area contributed by atoms with Crippen LogP contribution in [0.1, 0.15) is 0 Å². The van der Waals surface area contributed by atoms with Gasteiger partial charge in [-0.05, 0) is 55.4 Å². The van der Waals surface area contributed by atoms with E-state index in [1.807, 2.05) is 0 Å². The van der Waals surface area contributed by atoms with E-state index < -0.39 is 16.1 Å². The number of benzene rings is 6. The van der Waals surface area contributed by atoms with E-state index in [0.717, 1.165) is 32.8 Å². The van der Waals surface area contributed by atoms with Crippen molar-refractivity contribution in [3.63, 3.8) is 0 Å². The van der Waals surface area contributed by atoms with Crippen LogP contribution >= 0.6 is 0 Å². The molecular formula is C46H34N2OSi2. The molecule has 242 valence electrons. The highest BCUT2D eigenvalue weighted by Gasteiger charge is 2.45. The molecule has 6 aromatic carbocycles. The van der Waals surface area contributed by atoms with E-state index in [-0.39, 0.29) is 0 Å². The first-order valence-corrected chi connectivity index (χ1v) is 21.3. The zero-order valence-corrected chi connectivity index (χ0v) is 29.9. The molecule has 9 rings (SSSR count). The van der Waals surface area contributed by atoms with Crippen molar-refractivity contribution in [3.8, 4) is 0 Å². The molecule has 0 aliphatic carbocycles. The van der Waals surface area contributed by atoms with Crippen molar-refractivity contribution in [2.75, 3.05) is 0 Å². The van der Waals surface area contributed by atoms with E-state index in [9.17, 15) is 0 Å². The van der Waals surface area contributed by atoms with Crippen LogP contribution in [0.25, 0.3) is 22.2 Å². The summed E-state index contributed by atoms with van der Waals surface area (Å²) in [6, 6.07) is 74.0. The Hall–Kier alpha value is -6.15. The number of furan rings is 1. The molecule has 0 saturated carbocycles. The molecule has 0 atom stereocenters. The average molecular weight is 687 g/mol. The lowest BCUT2D eigenvalue weighted by molar-refractivity contribution is 0.667. The van der Waals surface area contributed by atoms with E-state index >= 15 is 0 Å². The summed E-state index contributed by atoms with van der Waals surface area (Å²) in [6.07, 6.45) is 0. The monoisotopic (exact) mass is 686 g/mol. The van der Waals surface area contributed by atoms with E-state index in [4.69, 9.17) is 14.4 Å². The summed E-state index contributed by atoms with van der Waals surface area (Å²) in [4.78, 5) is 11.3. The molecule has 51 heavy (non-hydrogen) atoms. The summed E-state index contributed by atoms with van der Waals surface area (Å²) >= 11 is 0. The summed E-state index contributed by atoms with van der Waals surface area (Å²) in [6.45, 7) is 0. The van der Waals surface area contributed by atoms with Crippen LogP contribution in [0.15, 0.2) is 211 Å². The molecular weight excluding hydrogens is 653 g/mol. The molecule has 0 unspecified atom stereocenters. The fourth-order valence-electron chi connectivity index (χ4n) is 7.95. The van der Waals surface area contributed by atoms with Crippen LogP contribution in [-0.4, -0.2) is 26.1 Å². The third-order valence-electron chi connectivity index (χ3n) is 10.2. The van der Waals surface area contributed by atoms with Crippen LogP contribution in [0.5, 0.6) is 0 Å². The predicted molar refractivity (Wildman–Crippen MR) is 217 cm³/mol. The molecule has 9 aromatic rings. The predicted octanol–water partition coefficient (Wildman–Crippen LogP) is 5.13. The molecule has 0 bridgehead atoms. The second kappa shape index (κ2) is 13.0. The van der Waals surface area contributed by atoms with Crippen LogP contribution in [0.2, 0.25) is 0 Å². The maximum Gasteiger partial charge on any atom is 0.201 e. The van der Waals surface area contributed by atoms with Crippen molar-refractivity contribution in [1.82, 2.24) is 9.97 Å². The first kappa shape index (κ1) is 30.9. The second-order valence-corrected chi connectivity index (χ2v) is 20.4. The first-order chi connectivity index (χ1) is 25.3. The highest BCUT2D eigenvalue weighted by molar-refractivity contribution is 7.20. The maximum atomic E-state index is 6.53. The largest absolute Gasteiger partial charge is 0.453 e. The summed E-state index contributed by atoms with van der Waals surface area (Å²) in [5.74, 6) is 0. The third kappa shape index (κ3) is 5.01. The highest BCUT2D eigenvalue weighted by Crippen LogP contribution is 2.25. The van der Waals surface area contributed by atoms with Crippen LogP contribution in [0.3, 0.4) is 0 Å². The molecule has 0 saturated heterocycles. The van der Waals surface area contributed by atoms with Gasteiger partial charge in [0.25, 0.3) is 0 Å². The van der Waals surface area contributed by atoms with Crippen molar-refractivity contribution < 1.29 is 4.42 Å². The Morgan fingerprint density at radius 1 is 0.275 bits per heavy atom. The number of fused-ring (bicyclic) bond motifs is 3. The van der Waals surface area contributed by atoms with E-state index in [2.05, 4.69) is 206 Å². The minimum absolute atomic E-state index is 0.738. The highest BCUT2D eigenvalue weighted by atomic mass is 28.3. The van der Waals surface area contributed by atoms with Gasteiger partial charge >= 0.3 is 0 Å². The van der Waals surface area contributed by atoms with Gasteiger partial charge < -0.3 is 4.42 Å². The van der Waals surface area contributed by atoms with Crippen molar-refractivity contribution >= 4 is 80.1 Å². The molecule has 3 nitrogen and oxygen atoms in total. The lowest BCUT2D eigenvalue weighted by Gasteiger charge is -2.33. The Balaban J connectivity index is 1.36. The van der Waals surface area contributed by atoms with Gasteiger partial charge in [-0.25, -0.2) is 0 Å². The van der Waals surface area contributed by atoms with E-state index in [1.54, 1.807) is 0 Å². The van der Waals surface area contributed by atoms with Gasteiger partial charge in [-0.3, -0.25) is 9.97 Å². The number of pyridine rings is 2. The fraction of sp³-hybridized carbons (Fsp3) is 0. The average Bonchev–Trinajstić information content (AvgIpc) is 3.59. The van der Waals surface area contributed by atoms with Gasteiger partial charge in [-0.1, -0.05) is 182 Å². The van der Waals surface area contributed by atoms with Gasteiger partial charge in [-0.15, -0.1) is 0 Å². The van der Waals surface area contributed by atoms with Crippen molar-refractivity contribution in [3.05, 3.63) is 206 Å². The Morgan fingerprint density at radius 3 is 0.745 bits per heavy atom. The lowest BCUT2D eigenvalue weighted by atomic mass is 10.3. The molecule has 0 aliphatic rings. The molecule has 0 N–H and O–H groups in total. The number of hydrogen-bond acceptors (Lipinski definition) is 3. The molecule has 0 amide bonds. The van der Waals surface area contributed by atoms with Crippen molar-refractivity contribution in [2.45, 2.75) is 0 Å². The minimum atomic E-state index is -2.86. The Morgan fingerprint density at radius 2 is 0.510 bits per heavy atom. The molecule has 0 spiro atoms. The molecule has 5 heteroatoms. The summed E-state index contributed by atoms with van der Waals surface area (Å²) in [7, 11) is -5.72. The topological polar surface area (TPSA) is 38.9 Å². The standard InChI is InChI=1S/C46H34N2OSi2/c1-7-19-35(20-8-1)50(36-21-9-2-10-22-36,37-23-11-3-12-24-37)43-33-31-41-45(47-43)46-42(49-41)32-34-44(48-46)51(38-25-13-4-14-26-38,39-27-15-5-16-28-39)40-29-17-6-18-30-40/h1-34H. The quantitative estimate of drug-likeness (QED) is 0.165. The van der Waals surface area contributed by atoms with Crippen LogP contribution in [0, 0.1) is 0 Å². The molecule has 0 aliphatic heterocycles. The van der Waals surface area contributed by atoms with E-state index in [1.165, 1.54) is 31.1 Å². The molecule has 3 aromatic heterocycles. The van der Waals surface area contributed by atoms with Gasteiger partial charge in [0.1, 0.15) is 11.0 Å². The van der Waals surface area contributed by atoms with Crippen LogP contribution in [-0.2, 0) is 0 Å². The summed E-state index contributed by atoms with van der Waals surface area (Å²) in [5.41, 5.74) is 3.06. The van der Waals surface area contributed by atoms with E-state index in [0.29, 0.717) is 0 Å². The normalized spacial score (nSPS) is 11.9. The Kier molecular flexibility index (Phi) is 7.84. The first-order valence-electron chi connectivity index (χ1n) is 17.3. The van der Waals surface area contributed by atoms with Crippen molar-refractivity contribution in [2.24, 2.45) is 0 Å². The Bertz CT molecular complexity index is 2190. The zero-order chi connectivity index (χ0) is 34.1. The van der Waals surface area contributed by atoms with Gasteiger partial charge in [0.2, 0.25) is 16.1 Å². The molecule has 3 heterocycles. The number of rotatable bonds is 8. The lowest BCUT2D eigenvalue weighted by Crippen LogP contribution is -2.75. The van der Waals surface area contributed by atoms with Crippen LogP contribution in [0.4, 0.5) is 0 Å². The summed E-state index contributed by atoms with van der Waals surface area (Å²) < 4.78 is 6.53. The minimum Gasteiger partial charge on any atom is -0.453 e. The SMILES string of the molecule is c1ccc([Si](c2ccccc2)(c2ccccc2)c2ccc3oc4ccc([Si](c5ccccc5)(c5ccccc5)c5ccccc5)nc4c3n2)cc1.